The van der Waals surface area contributed by atoms with Gasteiger partial charge in [-0.05, 0) is 38.6 Å². The average molecular weight is 329 g/mol. The van der Waals surface area contributed by atoms with Crippen LogP contribution in [0.4, 0.5) is 0 Å². The number of likely N-dealkylation sites (N-methyl/N-ethyl adjacent to an activating group) is 1. The van der Waals surface area contributed by atoms with Crippen LogP contribution >= 0.6 is 0 Å². The first-order chi connectivity index (χ1) is 10.3. The highest BCUT2D eigenvalue weighted by molar-refractivity contribution is 7.88. The van der Waals surface area contributed by atoms with Gasteiger partial charge in [-0.1, -0.05) is 0 Å². The van der Waals surface area contributed by atoms with Gasteiger partial charge in [0.1, 0.15) is 0 Å². The van der Waals surface area contributed by atoms with Crippen molar-refractivity contribution >= 4 is 15.9 Å². The van der Waals surface area contributed by atoms with E-state index in [2.05, 4.69) is 11.9 Å². The van der Waals surface area contributed by atoms with E-state index < -0.39 is 10.0 Å². The lowest BCUT2D eigenvalue weighted by atomic mass is 9.87. The molecule has 3 rings (SSSR count). The van der Waals surface area contributed by atoms with Crippen LogP contribution in [-0.4, -0.2) is 80.0 Å². The third kappa shape index (κ3) is 3.31. The van der Waals surface area contributed by atoms with Gasteiger partial charge >= 0.3 is 0 Å². The molecule has 0 unspecified atom stereocenters. The lowest BCUT2D eigenvalue weighted by Gasteiger charge is -2.48. The summed E-state index contributed by atoms with van der Waals surface area (Å²) in [5.41, 5.74) is -0.185. The van der Waals surface area contributed by atoms with Crippen molar-refractivity contribution in [3.63, 3.8) is 0 Å². The number of piperazine rings is 1. The highest BCUT2D eigenvalue weighted by Crippen LogP contribution is 2.35. The zero-order valence-electron chi connectivity index (χ0n) is 13.6. The van der Waals surface area contributed by atoms with Crippen LogP contribution < -0.4 is 0 Å². The van der Waals surface area contributed by atoms with Crippen LogP contribution in [0.2, 0.25) is 0 Å². The predicted molar refractivity (Wildman–Crippen MR) is 84.9 cm³/mol. The van der Waals surface area contributed by atoms with Gasteiger partial charge in [0.2, 0.25) is 15.9 Å². The molecule has 2 saturated heterocycles. The number of hydrogen-bond acceptors (Lipinski definition) is 4. The summed E-state index contributed by atoms with van der Waals surface area (Å²) in [6.45, 7) is 3.47. The largest absolute Gasteiger partial charge is 0.342 e. The van der Waals surface area contributed by atoms with Gasteiger partial charge in [-0.15, -0.1) is 0 Å². The third-order valence-electron chi connectivity index (χ3n) is 5.61. The van der Waals surface area contributed by atoms with Crippen LogP contribution in [-0.2, 0) is 14.8 Å². The zero-order chi connectivity index (χ0) is 16.0. The Balaban J connectivity index is 1.74. The lowest BCUT2D eigenvalue weighted by Crippen LogP contribution is -2.61. The highest BCUT2D eigenvalue weighted by Gasteiger charge is 2.44. The molecule has 0 N–H and O–H groups in total. The van der Waals surface area contributed by atoms with E-state index >= 15 is 0 Å². The van der Waals surface area contributed by atoms with Gasteiger partial charge in [-0.3, -0.25) is 9.69 Å². The number of sulfonamides is 1. The third-order valence-corrected chi connectivity index (χ3v) is 6.86. The molecule has 2 aliphatic heterocycles. The second-order valence-corrected chi connectivity index (χ2v) is 9.26. The molecule has 0 bridgehead atoms. The standard InChI is InChI=1S/C15H27N3O3S/c1-16-9-10-18(22(2,20)21)12-15(16)6-5-14(19)17(8-7-15)11-13-3-4-13/h13H,3-12H2,1-2H3/t15-/m1/s1. The van der Waals surface area contributed by atoms with Crippen LogP contribution in [0.3, 0.4) is 0 Å². The van der Waals surface area contributed by atoms with Crippen molar-refractivity contribution in [2.75, 3.05) is 46.0 Å². The second-order valence-electron chi connectivity index (χ2n) is 7.28. The van der Waals surface area contributed by atoms with Gasteiger partial charge in [0.15, 0.2) is 0 Å². The van der Waals surface area contributed by atoms with Gasteiger partial charge in [-0.25, -0.2) is 8.42 Å². The first-order valence-corrected chi connectivity index (χ1v) is 10.1. The van der Waals surface area contributed by atoms with Crippen LogP contribution in [0.5, 0.6) is 0 Å². The maximum absolute atomic E-state index is 12.4. The van der Waals surface area contributed by atoms with Crippen molar-refractivity contribution in [3.8, 4) is 0 Å². The molecule has 0 aromatic carbocycles. The summed E-state index contributed by atoms with van der Waals surface area (Å²) in [5.74, 6) is 0.947. The minimum Gasteiger partial charge on any atom is -0.342 e. The quantitative estimate of drug-likeness (QED) is 0.750. The van der Waals surface area contributed by atoms with Crippen molar-refractivity contribution in [2.24, 2.45) is 5.92 Å². The Hall–Kier alpha value is -0.660. The van der Waals surface area contributed by atoms with Gasteiger partial charge in [0.25, 0.3) is 0 Å². The molecule has 2 heterocycles. The van der Waals surface area contributed by atoms with E-state index in [1.807, 2.05) is 4.90 Å². The Bertz CT molecular complexity index is 546. The van der Waals surface area contributed by atoms with E-state index in [0.29, 0.717) is 25.4 Å². The summed E-state index contributed by atoms with van der Waals surface area (Å²) in [7, 11) is -1.09. The first-order valence-electron chi connectivity index (χ1n) is 8.24. The van der Waals surface area contributed by atoms with E-state index in [1.54, 1.807) is 4.31 Å². The number of carbonyl (C=O) groups is 1. The molecule has 6 nitrogen and oxygen atoms in total. The van der Waals surface area contributed by atoms with E-state index in [4.69, 9.17) is 0 Å². The van der Waals surface area contributed by atoms with Crippen molar-refractivity contribution < 1.29 is 13.2 Å². The molecular formula is C15H27N3O3S. The molecule has 3 fully saturated rings. The maximum Gasteiger partial charge on any atom is 0.222 e. The Morgan fingerprint density at radius 2 is 1.91 bits per heavy atom. The minimum absolute atomic E-state index is 0.185. The van der Waals surface area contributed by atoms with E-state index in [-0.39, 0.29) is 11.4 Å². The summed E-state index contributed by atoms with van der Waals surface area (Å²) in [4.78, 5) is 16.7. The fourth-order valence-corrected chi connectivity index (χ4v) is 4.63. The van der Waals surface area contributed by atoms with Gasteiger partial charge in [0, 0.05) is 44.7 Å². The van der Waals surface area contributed by atoms with Gasteiger partial charge in [0.05, 0.1) is 6.26 Å². The van der Waals surface area contributed by atoms with E-state index in [1.165, 1.54) is 19.1 Å². The molecule has 1 aliphatic carbocycles. The molecule has 1 saturated carbocycles. The fraction of sp³-hybridized carbons (Fsp3) is 0.933. The molecule has 7 heteroatoms. The topological polar surface area (TPSA) is 60.9 Å². The Kier molecular flexibility index (Phi) is 4.24. The van der Waals surface area contributed by atoms with Gasteiger partial charge in [-0.2, -0.15) is 4.31 Å². The Labute approximate surface area is 133 Å². The highest BCUT2D eigenvalue weighted by atomic mass is 32.2. The Morgan fingerprint density at radius 3 is 2.55 bits per heavy atom. The SMILES string of the molecule is CN1CCN(S(C)(=O)=O)C[C@]12CCC(=O)N(CC1CC1)CC2. The Morgan fingerprint density at radius 1 is 1.18 bits per heavy atom. The molecular weight excluding hydrogens is 302 g/mol. The second kappa shape index (κ2) is 5.76. The number of rotatable bonds is 3. The molecule has 1 atom stereocenters. The molecule has 0 aromatic heterocycles. The number of hydrogen-bond donors (Lipinski definition) is 0. The normalized spacial score (nSPS) is 32.5. The van der Waals surface area contributed by atoms with Crippen molar-refractivity contribution in [3.05, 3.63) is 0 Å². The summed E-state index contributed by atoms with van der Waals surface area (Å²) in [5, 5.41) is 0. The molecule has 0 radical (unpaired) electrons. The first kappa shape index (κ1) is 16.2. The summed E-state index contributed by atoms with van der Waals surface area (Å²) in [6.07, 6.45) is 5.94. The van der Waals surface area contributed by atoms with Crippen LogP contribution in [0.25, 0.3) is 0 Å². The fourth-order valence-electron chi connectivity index (χ4n) is 3.75. The molecule has 1 amide bonds. The number of likely N-dealkylation sites (tertiary alicyclic amines) is 1. The number of nitrogens with zero attached hydrogens (tertiary/aromatic N) is 3. The maximum atomic E-state index is 12.4. The molecule has 1 spiro atoms. The monoisotopic (exact) mass is 329 g/mol. The van der Waals surface area contributed by atoms with Crippen LogP contribution in [0, 0.1) is 5.92 Å². The van der Waals surface area contributed by atoms with Gasteiger partial charge < -0.3 is 4.90 Å². The average Bonchev–Trinajstić information content (AvgIpc) is 3.26. The summed E-state index contributed by atoms with van der Waals surface area (Å²) >= 11 is 0. The molecule has 22 heavy (non-hydrogen) atoms. The molecule has 126 valence electrons. The zero-order valence-corrected chi connectivity index (χ0v) is 14.4. The molecule has 0 aromatic rings. The van der Waals surface area contributed by atoms with Crippen LogP contribution in [0.1, 0.15) is 32.1 Å². The van der Waals surface area contributed by atoms with Crippen molar-refractivity contribution in [1.29, 1.82) is 0 Å². The number of carbonyl (C=O) groups excluding carboxylic acids is 1. The lowest BCUT2D eigenvalue weighted by molar-refractivity contribution is -0.130. The smallest absolute Gasteiger partial charge is 0.222 e. The van der Waals surface area contributed by atoms with Crippen molar-refractivity contribution in [1.82, 2.24) is 14.1 Å². The van der Waals surface area contributed by atoms with E-state index in [9.17, 15) is 13.2 Å². The number of amides is 1. The van der Waals surface area contributed by atoms with Crippen molar-refractivity contribution in [2.45, 2.75) is 37.6 Å². The van der Waals surface area contributed by atoms with Crippen LogP contribution in [0.15, 0.2) is 0 Å². The minimum atomic E-state index is -3.16. The van der Waals surface area contributed by atoms with E-state index in [0.717, 1.165) is 32.5 Å². The predicted octanol–water partition coefficient (Wildman–Crippen LogP) is 0.355. The summed E-state index contributed by atoms with van der Waals surface area (Å²) in [6, 6.07) is 0. The molecule has 3 aliphatic rings. The summed E-state index contributed by atoms with van der Waals surface area (Å²) < 4.78 is 25.4.